The van der Waals surface area contributed by atoms with E-state index in [4.69, 9.17) is 5.11 Å². The minimum absolute atomic E-state index is 0.00629. The Morgan fingerprint density at radius 2 is 2.11 bits per heavy atom. The van der Waals surface area contributed by atoms with Gasteiger partial charge in [-0.1, -0.05) is 0 Å². The lowest BCUT2D eigenvalue weighted by molar-refractivity contribution is -0.139. The average Bonchev–Trinajstić information content (AvgIpc) is 2.63. The highest BCUT2D eigenvalue weighted by molar-refractivity contribution is 7.91. The normalized spacial score (nSPS) is 11.2. The zero-order valence-electron chi connectivity index (χ0n) is 9.58. The molecule has 0 aliphatic carbocycles. The number of ether oxygens (including phenoxy) is 1. The molecule has 1 aromatic heterocycles. The number of carboxylic acids is 1. The van der Waals surface area contributed by atoms with E-state index in [-0.39, 0.29) is 12.2 Å². The van der Waals surface area contributed by atoms with Crippen LogP contribution in [0.4, 0.5) is 0 Å². The van der Waals surface area contributed by atoms with Gasteiger partial charge in [-0.25, -0.2) is 13.2 Å². The number of hydrogen-bond acceptors (Lipinski definition) is 6. The molecule has 0 saturated carbocycles. The molecule has 0 atom stereocenters. The number of carbonyl (C=O) groups is 2. The Kier molecular flexibility index (Phi) is 4.49. The summed E-state index contributed by atoms with van der Waals surface area (Å²) in [7, 11) is -3.78. The van der Waals surface area contributed by atoms with Crippen molar-refractivity contribution in [2.24, 2.45) is 0 Å². The largest absolute Gasteiger partial charge is 0.475 e. The lowest BCUT2D eigenvalue weighted by atomic mass is 10.3. The van der Waals surface area contributed by atoms with Crippen molar-refractivity contribution in [1.82, 2.24) is 0 Å². The van der Waals surface area contributed by atoms with Crippen molar-refractivity contribution in [2.75, 3.05) is 12.4 Å². The molecule has 1 aromatic rings. The minimum Gasteiger partial charge on any atom is -0.475 e. The van der Waals surface area contributed by atoms with Crippen LogP contribution in [-0.4, -0.2) is 37.8 Å². The fourth-order valence-electron chi connectivity index (χ4n) is 1.31. The SMILES string of the molecule is CCOC(=O)CS(=O)(=O)Cc1ccoc1C(=O)O. The maximum absolute atomic E-state index is 11.6. The topological polar surface area (TPSA) is 111 Å². The molecular formula is C10H12O7S. The molecule has 0 unspecified atom stereocenters. The number of carbonyl (C=O) groups excluding carboxylic acids is 1. The minimum atomic E-state index is -3.78. The number of esters is 1. The van der Waals surface area contributed by atoms with E-state index in [2.05, 4.69) is 9.15 Å². The highest BCUT2D eigenvalue weighted by atomic mass is 32.2. The van der Waals surface area contributed by atoms with Gasteiger partial charge < -0.3 is 14.3 Å². The van der Waals surface area contributed by atoms with Crippen molar-refractivity contribution >= 4 is 21.8 Å². The lowest BCUT2D eigenvalue weighted by Gasteiger charge is -2.03. The maximum atomic E-state index is 11.6. The highest BCUT2D eigenvalue weighted by Crippen LogP contribution is 2.14. The Morgan fingerprint density at radius 1 is 1.44 bits per heavy atom. The number of furan rings is 1. The summed E-state index contributed by atoms with van der Waals surface area (Å²) in [5.41, 5.74) is 0.00629. The Labute approximate surface area is 103 Å². The molecule has 8 heteroatoms. The Balaban J connectivity index is 2.80. The van der Waals surface area contributed by atoms with Gasteiger partial charge in [-0.15, -0.1) is 0 Å². The van der Waals surface area contributed by atoms with Crippen LogP contribution in [0.5, 0.6) is 0 Å². The predicted molar refractivity (Wildman–Crippen MR) is 59.8 cm³/mol. The molecular weight excluding hydrogens is 264 g/mol. The molecule has 1 heterocycles. The van der Waals surface area contributed by atoms with Gasteiger partial charge in [0.1, 0.15) is 5.75 Å². The third kappa shape index (κ3) is 3.88. The van der Waals surface area contributed by atoms with E-state index < -0.39 is 39.0 Å². The van der Waals surface area contributed by atoms with Crippen molar-refractivity contribution in [1.29, 1.82) is 0 Å². The van der Waals surface area contributed by atoms with Gasteiger partial charge in [-0.3, -0.25) is 4.79 Å². The Bertz CT molecular complexity index is 540. The van der Waals surface area contributed by atoms with E-state index in [0.29, 0.717) is 0 Å². The second kappa shape index (κ2) is 5.67. The van der Waals surface area contributed by atoms with Crippen LogP contribution < -0.4 is 0 Å². The molecule has 0 saturated heterocycles. The van der Waals surface area contributed by atoms with Gasteiger partial charge in [-0.05, 0) is 13.0 Å². The third-order valence-corrected chi connectivity index (χ3v) is 3.39. The zero-order chi connectivity index (χ0) is 13.8. The summed E-state index contributed by atoms with van der Waals surface area (Å²) in [5, 5.41) is 8.74. The van der Waals surface area contributed by atoms with Crippen LogP contribution in [-0.2, 0) is 25.1 Å². The number of rotatable bonds is 6. The van der Waals surface area contributed by atoms with E-state index in [1.54, 1.807) is 6.92 Å². The fraction of sp³-hybridized carbons (Fsp3) is 0.400. The zero-order valence-corrected chi connectivity index (χ0v) is 10.4. The van der Waals surface area contributed by atoms with Crippen molar-refractivity contribution in [3.8, 4) is 0 Å². The maximum Gasteiger partial charge on any atom is 0.372 e. The van der Waals surface area contributed by atoms with Crippen molar-refractivity contribution in [3.05, 3.63) is 23.7 Å². The molecule has 0 radical (unpaired) electrons. The first-order valence-corrected chi connectivity index (χ1v) is 6.83. The molecule has 1 N–H and O–H groups in total. The molecule has 0 aliphatic heterocycles. The van der Waals surface area contributed by atoms with Crippen LogP contribution >= 0.6 is 0 Å². The van der Waals surface area contributed by atoms with E-state index >= 15 is 0 Å². The summed E-state index contributed by atoms with van der Waals surface area (Å²) in [6.07, 6.45) is 1.08. The van der Waals surface area contributed by atoms with Crippen LogP contribution in [0, 0.1) is 0 Å². The molecule has 100 valence electrons. The Hall–Kier alpha value is -1.83. The van der Waals surface area contributed by atoms with Gasteiger partial charge in [-0.2, -0.15) is 0 Å². The van der Waals surface area contributed by atoms with Gasteiger partial charge in [0.15, 0.2) is 9.84 Å². The number of hydrogen-bond donors (Lipinski definition) is 1. The monoisotopic (exact) mass is 276 g/mol. The van der Waals surface area contributed by atoms with Crippen LogP contribution in [0.3, 0.4) is 0 Å². The summed E-state index contributed by atoms with van der Waals surface area (Å²) < 4.78 is 32.4. The van der Waals surface area contributed by atoms with Gasteiger partial charge in [0.2, 0.25) is 5.76 Å². The van der Waals surface area contributed by atoms with E-state index in [1.165, 1.54) is 6.07 Å². The first-order valence-electron chi connectivity index (χ1n) is 5.01. The van der Waals surface area contributed by atoms with E-state index in [0.717, 1.165) is 6.26 Å². The first-order chi connectivity index (χ1) is 8.35. The summed E-state index contributed by atoms with van der Waals surface area (Å²) in [5.74, 6) is -4.03. The molecule has 18 heavy (non-hydrogen) atoms. The standard InChI is InChI=1S/C10H12O7S/c1-2-16-8(11)6-18(14,15)5-7-3-4-17-9(7)10(12)13/h3-4H,2,5-6H2,1H3,(H,12,13). The molecule has 0 spiro atoms. The smallest absolute Gasteiger partial charge is 0.372 e. The summed E-state index contributed by atoms with van der Waals surface area (Å²) in [6.45, 7) is 1.64. The van der Waals surface area contributed by atoms with Gasteiger partial charge in [0.25, 0.3) is 0 Å². The van der Waals surface area contributed by atoms with E-state index in [9.17, 15) is 18.0 Å². The van der Waals surface area contributed by atoms with Gasteiger partial charge in [0, 0.05) is 5.56 Å². The van der Waals surface area contributed by atoms with E-state index in [1.807, 2.05) is 0 Å². The number of sulfone groups is 1. The number of aromatic carboxylic acids is 1. The predicted octanol–water partition coefficient (Wildman–Crippen LogP) is 0.456. The third-order valence-electron chi connectivity index (χ3n) is 1.96. The van der Waals surface area contributed by atoms with Crippen LogP contribution in [0.1, 0.15) is 23.0 Å². The molecule has 0 aromatic carbocycles. The van der Waals surface area contributed by atoms with Crippen LogP contribution in [0.15, 0.2) is 16.7 Å². The average molecular weight is 276 g/mol. The van der Waals surface area contributed by atoms with Crippen molar-refractivity contribution in [2.45, 2.75) is 12.7 Å². The van der Waals surface area contributed by atoms with Gasteiger partial charge >= 0.3 is 11.9 Å². The lowest BCUT2D eigenvalue weighted by Crippen LogP contribution is -2.20. The molecule has 0 fully saturated rings. The molecule has 0 amide bonds. The highest BCUT2D eigenvalue weighted by Gasteiger charge is 2.23. The molecule has 1 rings (SSSR count). The summed E-state index contributed by atoms with van der Waals surface area (Å²) >= 11 is 0. The number of carboxylic acid groups (broad SMARTS) is 1. The first kappa shape index (κ1) is 14.2. The summed E-state index contributed by atoms with van der Waals surface area (Å²) in [6, 6.07) is 1.24. The summed E-state index contributed by atoms with van der Waals surface area (Å²) in [4.78, 5) is 21.8. The Morgan fingerprint density at radius 3 is 2.67 bits per heavy atom. The van der Waals surface area contributed by atoms with Crippen molar-refractivity contribution < 1.29 is 32.3 Å². The van der Waals surface area contributed by atoms with Crippen LogP contribution in [0.25, 0.3) is 0 Å². The quantitative estimate of drug-likeness (QED) is 0.751. The second-order valence-corrected chi connectivity index (χ2v) is 5.48. The fourth-order valence-corrected chi connectivity index (χ4v) is 2.55. The molecule has 0 bridgehead atoms. The van der Waals surface area contributed by atoms with Crippen LogP contribution in [0.2, 0.25) is 0 Å². The molecule has 7 nitrogen and oxygen atoms in total. The van der Waals surface area contributed by atoms with Crippen molar-refractivity contribution in [3.63, 3.8) is 0 Å². The second-order valence-electron chi connectivity index (χ2n) is 3.42. The van der Waals surface area contributed by atoms with Gasteiger partial charge in [0.05, 0.1) is 18.6 Å². The molecule has 0 aliphatic rings.